The van der Waals surface area contributed by atoms with Gasteiger partial charge in [-0.15, -0.1) is 0 Å². The van der Waals surface area contributed by atoms with Crippen LogP contribution in [0.15, 0.2) is 54.6 Å². The second-order valence-corrected chi connectivity index (χ2v) is 10.1. The molecule has 1 saturated carbocycles. The topological polar surface area (TPSA) is 106 Å². The zero-order chi connectivity index (χ0) is 25.9. The van der Waals surface area contributed by atoms with Crippen LogP contribution in [0.1, 0.15) is 28.8 Å². The van der Waals surface area contributed by atoms with Gasteiger partial charge in [0, 0.05) is 43.1 Å². The number of carbonyl (C=O) groups is 3. The normalized spacial score (nSPS) is 24.8. The van der Waals surface area contributed by atoms with E-state index in [9.17, 15) is 24.0 Å². The number of fused-ring (bicyclic) bond motifs is 1. The molecule has 2 aromatic rings. The molecule has 4 atom stereocenters. The first kappa shape index (κ1) is 24.9. The molecule has 2 aromatic carbocycles. The molecule has 8 nitrogen and oxygen atoms in total. The van der Waals surface area contributed by atoms with E-state index in [1.54, 1.807) is 9.80 Å². The predicted molar refractivity (Wildman–Crippen MR) is 133 cm³/mol. The lowest BCUT2D eigenvalue weighted by atomic mass is 10.0. The highest BCUT2D eigenvalue weighted by Crippen LogP contribution is 2.45. The monoisotopic (exact) mass is 503 g/mol. The molecule has 1 aliphatic carbocycles. The molecule has 192 valence electrons. The Balaban J connectivity index is 1.17. The zero-order valence-corrected chi connectivity index (χ0v) is 20.5. The van der Waals surface area contributed by atoms with Crippen LogP contribution in [-0.4, -0.2) is 71.8 Å². The van der Waals surface area contributed by atoms with Crippen LogP contribution >= 0.6 is 0 Å². The van der Waals surface area contributed by atoms with Crippen LogP contribution in [0.4, 0.5) is 4.39 Å². The molecule has 0 aromatic heterocycles. The summed E-state index contributed by atoms with van der Waals surface area (Å²) in [6.07, 6.45) is 1.92. The van der Waals surface area contributed by atoms with E-state index in [-0.39, 0.29) is 48.0 Å². The summed E-state index contributed by atoms with van der Waals surface area (Å²) in [5, 5.41) is 15.6. The molecule has 0 spiro atoms. The first-order valence-electron chi connectivity index (χ1n) is 12.8. The molecule has 2 aliphatic heterocycles. The highest BCUT2D eigenvalue weighted by Gasteiger charge is 2.57. The average Bonchev–Trinajstić information content (AvgIpc) is 3.27. The number of likely N-dealkylation sites (tertiary alicyclic amines) is 2. The molecule has 3 amide bonds. The first-order chi connectivity index (χ1) is 17.9. The van der Waals surface area contributed by atoms with Crippen molar-refractivity contribution in [2.45, 2.75) is 37.4 Å². The largest absolute Gasteiger partial charge is 0.351 e. The Morgan fingerprint density at radius 3 is 2.43 bits per heavy atom. The quantitative estimate of drug-likeness (QED) is 0.571. The van der Waals surface area contributed by atoms with Crippen LogP contribution < -0.4 is 10.6 Å². The number of nitrogens with one attached hydrogen (secondary N) is 2. The molecule has 2 N–H and O–H groups in total. The number of benzene rings is 2. The van der Waals surface area contributed by atoms with E-state index in [4.69, 9.17) is 0 Å². The Hall–Kier alpha value is -3.77. The number of amides is 3. The molecule has 0 radical (unpaired) electrons. The van der Waals surface area contributed by atoms with Crippen molar-refractivity contribution < 1.29 is 18.8 Å². The van der Waals surface area contributed by atoms with Gasteiger partial charge in [-0.1, -0.05) is 30.3 Å². The maximum Gasteiger partial charge on any atom is 0.253 e. The van der Waals surface area contributed by atoms with Crippen LogP contribution in [0, 0.1) is 29.0 Å². The van der Waals surface area contributed by atoms with Crippen LogP contribution in [-0.2, 0) is 16.0 Å². The lowest BCUT2D eigenvalue weighted by Gasteiger charge is -2.24. The minimum atomic E-state index is -0.604. The van der Waals surface area contributed by atoms with Gasteiger partial charge in [0.25, 0.3) is 5.91 Å². The fourth-order valence-electron chi connectivity index (χ4n) is 5.57. The van der Waals surface area contributed by atoms with E-state index >= 15 is 0 Å². The van der Waals surface area contributed by atoms with Crippen LogP contribution in [0.2, 0.25) is 0 Å². The number of hydrogen-bond acceptors (Lipinski definition) is 5. The van der Waals surface area contributed by atoms with E-state index in [0.717, 1.165) is 12.0 Å². The van der Waals surface area contributed by atoms with Crippen LogP contribution in [0.5, 0.6) is 0 Å². The van der Waals surface area contributed by atoms with Gasteiger partial charge in [0.2, 0.25) is 11.8 Å². The van der Waals surface area contributed by atoms with Crippen LogP contribution in [0.3, 0.4) is 0 Å². The molecule has 5 rings (SSSR count). The number of nitrogens with zero attached hydrogens (tertiary/aromatic N) is 3. The summed E-state index contributed by atoms with van der Waals surface area (Å²) in [5.74, 6) is -0.480. The van der Waals surface area contributed by atoms with Crippen LogP contribution in [0.25, 0.3) is 0 Å². The lowest BCUT2D eigenvalue weighted by molar-refractivity contribution is -0.130. The third kappa shape index (κ3) is 5.49. The SMILES string of the molecule is N#C[C@@H]1CCCN1C(=O)CN[C@@H](Cc1ccccc1)C(=O)NC1C2CN(C(=O)c3ccc(F)cc3)CC21. The van der Waals surface area contributed by atoms with Gasteiger partial charge in [-0.3, -0.25) is 19.7 Å². The van der Waals surface area contributed by atoms with E-state index in [1.165, 1.54) is 24.3 Å². The lowest BCUT2D eigenvalue weighted by Crippen LogP contribution is -2.51. The second kappa shape index (κ2) is 10.7. The summed E-state index contributed by atoms with van der Waals surface area (Å²) in [4.78, 5) is 42.1. The molecule has 3 fully saturated rings. The number of piperidine rings is 1. The summed E-state index contributed by atoms with van der Waals surface area (Å²) in [5.41, 5.74) is 1.43. The smallest absolute Gasteiger partial charge is 0.253 e. The minimum absolute atomic E-state index is 0.0119. The Kier molecular flexibility index (Phi) is 7.19. The Bertz CT molecular complexity index is 1190. The molecule has 3 aliphatic rings. The molecule has 2 heterocycles. The Morgan fingerprint density at radius 1 is 1.05 bits per heavy atom. The standard InChI is InChI=1S/C28H30FN5O3/c29-20-10-8-19(9-11-20)28(37)33-16-22-23(17-33)26(22)32-27(36)24(13-18-5-2-1-3-6-18)31-15-25(35)34-12-4-7-21(34)14-30/h1-3,5-6,8-11,21-24,26,31H,4,7,12-13,15-17H2,(H,32,36)/t21-,22?,23?,24-,26?/m0/s1. The van der Waals surface area contributed by atoms with E-state index in [2.05, 4.69) is 16.7 Å². The summed E-state index contributed by atoms with van der Waals surface area (Å²) in [6, 6.07) is 16.3. The van der Waals surface area contributed by atoms with Crippen molar-refractivity contribution in [3.05, 3.63) is 71.5 Å². The number of carbonyl (C=O) groups excluding carboxylic acids is 3. The fraction of sp³-hybridized carbons (Fsp3) is 0.429. The molecular weight excluding hydrogens is 473 g/mol. The number of halogens is 1. The highest BCUT2D eigenvalue weighted by atomic mass is 19.1. The van der Waals surface area contributed by atoms with Gasteiger partial charge in [0.05, 0.1) is 18.7 Å². The molecule has 0 bridgehead atoms. The van der Waals surface area contributed by atoms with Crippen molar-refractivity contribution in [1.29, 1.82) is 5.26 Å². The first-order valence-corrected chi connectivity index (χ1v) is 12.8. The molecule has 2 saturated heterocycles. The van der Waals surface area contributed by atoms with Crippen molar-refractivity contribution in [2.75, 3.05) is 26.2 Å². The van der Waals surface area contributed by atoms with Gasteiger partial charge >= 0.3 is 0 Å². The van der Waals surface area contributed by atoms with E-state index < -0.39 is 12.1 Å². The summed E-state index contributed by atoms with van der Waals surface area (Å²) in [7, 11) is 0. The Labute approximate surface area is 215 Å². The van der Waals surface area contributed by atoms with Gasteiger partial charge in [0.1, 0.15) is 11.9 Å². The molecular formula is C28H30FN5O3. The van der Waals surface area contributed by atoms with Crippen molar-refractivity contribution in [3.8, 4) is 6.07 Å². The van der Waals surface area contributed by atoms with E-state index in [0.29, 0.717) is 38.0 Å². The second-order valence-electron chi connectivity index (χ2n) is 10.1. The minimum Gasteiger partial charge on any atom is -0.351 e. The third-order valence-corrected chi connectivity index (χ3v) is 7.70. The van der Waals surface area contributed by atoms with Gasteiger partial charge in [0.15, 0.2) is 0 Å². The average molecular weight is 504 g/mol. The van der Waals surface area contributed by atoms with Gasteiger partial charge in [-0.2, -0.15) is 5.26 Å². The highest BCUT2D eigenvalue weighted by molar-refractivity contribution is 5.94. The van der Waals surface area contributed by atoms with E-state index in [1.807, 2.05) is 30.3 Å². The fourth-order valence-corrected chi connectivity index (χ4v) is 5.57. The maximum absolute atomic E-state index is 13.3. The van der Waals surface area contributed by atoms with Crippen molar-refractivity contribution in [3.63, 3.8) is 0 Å². The van der Waals surface area contributed by atoms with Crippen molar-refractivity contribution in [1.82, 2.24) is 20.4 Å². The summed E-state index contributed by atoms with van der Waals surface area (Å²) < 4.78 is 13.2. The third-order valence-electron chi connectivity index (χ3n) is 7.70. The maximum atomic E-state index is 13.3. The zero-order valence-electron chi connectivity index (χ0n) is 20.5. The number of nitriles is 1. The molecule has 9 heteroatoms. The van der Waals surface area contributed by atoms with Crippen molar-refractivity contribution in [2.24, 2.45) is 11.8 Å². The van der Waals surface area contributed by atoms with Gasteiger partial charge < -0.3 is 15.1 Å². The van der Waals surface area contributed by atoms with Gasteiger partial charge in [-0.25, -0.2) is 4.39 Å². The molecule has 2 unspecified atom stereocenters. The predicted octanol–water partition coefficient (Wildman–Crippen LogP) is 1.73. The Morgan fingerprint density at radius 2 is 1.76 bits per heavy atom. The number of rotatable bonds is 8. The summed E-state index contributed by atoms with van der Waals surface area (Å²) >= 11 is 0. The molecule has 37 heavy (non-hydrogen) atoms. The van der Waals surface area contributed by atoms with Crippen molar-refractivity contribution >= 4 is 17.7 Å². The van der Waals surface area contributed by atoms with Gasteiger partial charge in [-0.05, 0) is 49.1 Å². The summed E-state index contributed by atoms with van der Waals surface area (Å²) in [6.45, 7) is 1.64. The number of hydrogen-bond donors (Lipinski definition) is 2.